The van der Waals surface area contributed by atoms with Crippen molar-refractivity contribution < 1.29 is 9.59 Å². The second-order valence-corrected chi connectivity index (χ2v) is 6.77. The number of aryl methyl sites for hydroxylation is 1. The Kier molecular flexibility index (Phi) is 2.08. The van der Waals surface area contributed by atoms with Crippen LogP contribution < -0.4 is 0 Å². The van der Waals surface area contributed by atoms with Gasteiger partial charge in [0.2, 0.25) is 0 Å². The summed E-state index contributed by atoms with van der Waals surface area (Å²) in [5.41, 5.74) is 6.31. The van der Waals surface area contributed by atoms with Crippen LogP contribution in [0.4, 0.5) is 0 Å². The van der Waals surface area contributed by atoms with E-state index in [2.05, 4.69) is 17.1 Å². The van der Waals surface area contributed by atoms with Crippen molar-refractivity contribution >= 4 is 11.6 Å². The molecule has 0 radical (unpaired) electrons. The molecule has 1 fully saturated rings. The summed E-state index contributed by atoms with van der Waals surface area (Å²) in [5.74, 6) is -0.321. The van der Waals surface area contributed by atoms with Gasteiger partial charge in [-0.3, -0.25) is 14.6 Å². The van der Waals surface area contributed by atoms with Gasteiger partial charge in [-0.15, -0.1) is 0 Å². The van der Waals surface area contributed by atoms with Crippen molar-refractivity contribution in [2.45, 2.75) is 31.6 Å². The Morgan fingerprint density at radius 3 is 2.86 bits per heavy atom. The largest absolute Gasteiger partial charge is 0.299 e. The van der Waals surface area contributed by atoms with E-state index in [1.165, 1.54) is 16.7 Å². The normalized spacial score (nSPS) is 27.6. The molecular formula is C19H15NO2. The Labute approximate surface area is 128 Å². The lowest BCUT2D eigenvalue weighted by Crippen LogP contribution is -2.45. The minimum atomic E-state index is -0.455. The molecule has 0 amide bonds. The molecule has 1 aromatic heterocycles. The Bertz CT molecular complexity index is 883. The van der Waals surface area contributed by atoms with E-state index < -0.39 is 5.92 Å². The van der Waals surface area contributed by atoms with Crippen LogP contribution in [0.15, 0.2) is 30.5 Å². The molecule has 1 aromatic carbocycles. The predicted molar refractivity (Wildman–Crippen MR) is 81.9 cm³/mol. The number of fused-ring (bicyclic) bond motifs is 3. The van der Waals surface area contributed by atoms with E-state index >= 15 is 0 Å². The first kappa shape index (κ1) is 12.3. The molecule has 0 N–H and O–H groups in total. The fraction of sp³-hybridized carbons (Fsp3) is 0.316. The maximum Gasteiger partial charge on any atom is 0.173 e. The summed E-state index contributed by atoms with van der Waals surface area (Å²) in [4.78, 5) is 29.5. The molecule has 3 aliphatic rings. The highest BCUT2D eigenvalue weighted by Crippen LogP contribution is 2.59. The van der Waals surface area contributed by atoms with Gasteiger partial charge in [-0.25, -0.2) is 0 Å². The van der Waals surface area contributed by atoms with Gasteiger partial charge in [0.15, 0.2) is 5.78 Å². The van der Waals surface area contributed by atoms with Crippen LogP contribution in [0.25, 0.3) is 11.1 Å². The van der Waals surface area contributed by atoms with Gasteiger partial charge in [0.1, 0.15) is 5.78 Å². The molecule has 2 aromatic rings. The summed E-state index contributed by atoms with van der Waals surface area (Å²) < 4.78 is 0. The summed E-state index contributed by atoms with van der Waals surface area (Å²) in [6.45, 7) is 1.99. The lowest BCUT2D eigenvalue weighted by molar-refractivity contribution is -0.124. The van der Waals surface area contributed by atoms with E-state index in [4.69, 9.17) is 0 Å². The zero-order valence-electron chi connectivity index (χ0n) is 12.3. The number of pyridine rings is 1. The molecule has 22 heavy (non-hydrogen) atoms. The van der Waals surface area contributed by atoms with Gasteiger partial charge in [0.05, 0.1) is 5.92 Å². The number of benzene rings is 1. The van der Waals surface area contributed by atoms with Crippen LogP contribution in [0.2, 0.25) is 0 Å². The summed E-state index contributed by atoms with van der Waals surface area (Å²) in [6.07, 6.45) is 3.90. The second-order valence-electron chi connectivity index (χ2n) is 6.77. The van der Waals surface area contributed by atoms with Gasteiger partial charge in [-0.1, -0.05) is 18.2 Å². The summed E-state index contributed by atoms with van der Waals surface area (Å²) in [6, 6.07) is 8.06. The summed E-state index contributed by atoms with van der Waals surface area (Å²) >= 11 is 0. The Hall–Kier alpha value is -2.29. The van der Waals surface area contributed by atoms with Gasteiger partial charge in [0.25, 0.3) is 0 Å². The van der Waals surface area contributed by atoms with Gasteiger partial charge < -0.3 is 0 Å². The standard InChI is InChI=1S/C19H15NO2/c1-10-7-13-11-3-2-4-12-17(11)19(15(13)9-20-10)6-5-16(21)14(8-19)18(12)22/h2-4,7,9,14H,5-6,8H2,1H3. The van der Waals surface area contributed by atoms with Gasteiger partial charge in [-0.05, 0) is 48.1 Å². The van der Waals surface area contributed by atoms with Crippen molar-refractivity contribution in [2.75, 3.05) is 0 Å². The van der Waals surface area contributed by atoms with Crippen molar-refractivity contribution in [3.8, 4) is 11.1 Å². The molecule has 1 spiro atoms. The fourth-order valence-corrected chi connectivity index (χ4v) is 4.77. The quantitative estimate of drug-likeness (QED) is 0.700. The smallest absolute Gasteiger partial charge is 0.173 e. The number of rotatable bonds is 0. The minimum Gasteiger partial charge on any atom is -0.299 e. The molecule has 108 valence electrons. The van der Waals surface area contributed by atoms with Crippen molar-refractivity contribution in [1.82, 2.24) is 4.98 Å². The van der Waals surface area contributed by atoms with Crippen molar-refractivity contribution in [3.05, 3.63) is 52.8 Å². The van der Waals surface area contributed by atoms with Crippen LogP contribution >= 0.6 is 0 Å². The fourth-order valence-electron chi connectivity index (χ4n) is 4.77. The molecule has 0 aliphatic heterocycles. The molecule has 1 heterocycles. The van der Waals surface area contributed by atoms with Crippen molar-refractivity contribution in [1.29, 1.82) is 0 Å². The zero-order valence-corrected chi connectivity index (χ0v) is 12.3. The number of ketones is 2. The third-order valence-corrected chi connectivity index (χ3v) is 5.71. The number of aromatic nitrogens is 1. The molecule has 2 atom stereocenters. The highest BCUT2D eigenvalue weighted by molar-refractivity contribution is 6.15. The molecule has 3 heteroatoms. The van der Waals surface area contributed by atoms with E-state index in [-0.39, 0.29) is 17.0 Å². The topological polar surface area (TPSA) is 47.0 Å². The van der Waals surface area contributed by atoms with Crippen LogP contribution in [-0.4, -0.2) is 16.6 Å². The number of carbonyl (C=O) groups is 2. The Morgan fingerprint density at radius 1 is 1.18 bits per heavy atom. The van der Waals surface area contributed by atoms with Crippen LogP contribution in [0.3, 0.4) is 0 Å². The maximum absolute atomic E-state index is 12.7. The lowest BCUT2D eigenvalue weighted by Gasteiger charge is -2.43. The molecule has 2 unspecified atom stereocenters. The van der Waals surface area contributed by atoms with E-state index in [0.29, 0.717) is 12.8 Å². The number of nitrogens with zero attached hydrogens (tertiary/aromatic N) is 1. The maximum atomic E-state index is 12.7. The third kappa shape index (κ3) is 1.22. The van der Waals surface area contributed by atoms with Gasteiger partial charge in [-0.2, -0.15) is 0 Å². The number of carbonyl (C=O) groups excluding carboxylic acids is 2. The Morgan fingerprint density at radius 2 is 2.00 bits per heavy atom. The van der Waals surface area contributed by atoms with E-state index in [0.717, 1.165) is 23.2 Å². The predicted octanol–water partition coefficient (Wildman–Crippen LogP) is 3.22. The second kappa shape index (κ2) is 3.72. The molecule has 5 rings (SSSR count). The lowest BCUT2D eigenvalue weighted by atomic mass is 9.58. The van der Waals surface area contributed by atoms with E-state index in [1.54, 1.807) is 0 Å². The third-order valence-electron chi connectivity index (χ3n) is 5.71. The number of hydrogen-bond donors (Lipinski definition) is 0. The highest BCUT2D eigenvalue weighted by Gasteiger charge is 2.55. The summed E-state index contributed by atoms with van der Waals surface area (Å²) in [7, 11) is 0. The molecule has 3 aliphatic carbocycles. The number of hydrogen-bond acceptors (Lipinski definition) is 3. The summed E-state index contributed by atoms with van der Waals surface area (Å²) in [5, 5.41) is 0. The van der Waals surface area contributed by atoms with Crippen molar-refractivity contribution in [2.24, 2.45) is 5.92 Å². The monoisotopic (exact) mass is 289 g/mol. The van der Waals surface area contributed by atoms with Crippen LogP contribution in [0.1, 0.15) is 46.4 Å². The average Bonchev–Trinajstić information content (AvgIpc) is 2.79. The van der Waals surface area contributed by atoms with Crippen molar-refractivity contribution in [3.63, 3.8) is 0 Å². The highest BCUT2D eigenvalue weighted by atomic mass is 16.2. The molecular weight excluding hydrogens is 274 g/mol. The Balaban J connectivity index is 1.93. The first-order valence-electron chi connectivity index (χ1n) is 7.80. The van der Waals surface area contributed by atoms with Gasteiger partial charge >= 0.3 is 0 Å². The molecule has 0 saturated heterocycles. The molecule has 2 bridgehead atoms. The van der Waals surface area contributed by atoms with Crippen LogP contribution in [0, 0.1) is 12.8 Å². The SMILES string of the molecule is Cc1cc2c(cn1)C13CCC(=O)C(C1)C(=O)c1cccc-2c13. The molecule has 3 nitrogen and oxygen atoms in total. The average molecular weight is 289 g/mol. The van der Waals surface area contributed by atoms with Gasteiger partial charge in [0, 0.05) is 29.3 Å². The van der Waals surface area contributed by atoms with Crippen LogP contribution in [-0.2, 0) is 10.2 Å². The van der Waals surface area contributed by atoms with E-state index in [9.17, 15) is 9.59 Å². The van der Waals surface area contributed by atoms with Crippen LogP contribution in [0.5, 0.6) is 0 Å². The zero-order chi connectivity index (χ0) is 15.1. The first-order chi connectivity index (χ1) is 10.6. The number of Topliss-reactive ketones (excluding diaryl/α,β-unsaturated/α-hetero) is 2. The molecule has 1 saturated carbocycles. The minimum absolute atomic E-state index is 0.0228. The van der Waals surface area contributed by atoms with E-state index in [1.807, 2.05) is 25.3 Å². The first-order valence-corrected chi connectivity index (χ1v) is 7.80.